The van der Waals surface area contributed by atoms with Gasteiger partial charge in [0, 0.05) is 6.07 Å². The van der Waals surface area contributed by atoms with Crippen LogP contribution in [-0.2, 0) is 17.7 Å². The molecule has 1 N–H and O–H groups in total. The number of ether oxygens (including phenoxy) is 1. The molecule has 0 bridgehead atoms. The number of nitrogens with zero attached hydrogens (tertiary/aromatic N) is 5. The first-order chi connectivity index (χ1) is 28.6. The number of rotatable bonds is 12. The number of anilines is 1. The summed E-state index contributed by atoms with van der Waals surface area (Å²) in [5, 5.41) is 13.7. The third kappa shape index (κ3) is 6.59. The van der Waals surface area contributed by atoms with Crippen molar-refractivity contribution in [1.29, 1.82) is 0 Å². The molecule has 9 aromatic rings. The second-order valence-electron chi connectivity index (χ2n) is 13.8. The maximum absolute atomic E-state index is 15.2. The minimum absolute atomic E-state index is 0.139. The summed E-state index contributed by atoms with van der Waals surface area (Å²) >= 11 is 3.39. The van der Waals surface area contributed by atoms with Gasteiger partial charge >= 0.3 is 0 Å². The van der Waals surface area contributed by atoms with Crippen LogP contribution in [0.25, 0.3) is 11.2 Å². The van der Waals surface area contributed by atoms with Crippen molar-refractivity contribution >= 4 is 32.9 Å². The zero-order chi connectivity index (χ0) is 39.4. The van der Waals surface area contributed by atoms with Gasteiger partial charge in [-0.3, -0.25) is 0 Å². The van der Waals surface area contributed by atoms with Gasteiger partial charge in [-0.05, 0) is 61.4 Å². The molecule has 6 aromatic carbocycles. The molecule has 7 nitrogen and oxygen atoms in total. The third-order valence-corrected chi connectivity index (χ3v) is 10.9. The molecule has 0 aliphatic heterocycles. The molecule has 0 spiro atoms. The van der Waals surface area contributed by atoms with E-state index in [1.165, 1.54) is 6.07 Å². The molecular formula is C49H36BrFN6O. The molecule has 282 valence electrons. The van der Waals surface area contributed by atoms with Gasteiger partial charge in [-0.25, -0.2) is 19.0 Å². The van der Waals surface area contributed by atoms with Crippen molar-refractivity contribution in [3.8, 4) is 5.75 Å². The molecule has 9 heteroatoms. The van der Waals surface area contributed by atoms with Crippen LogP contribution in [0.3, 0.4) is 0 Å². The van der Waals surface area contributed by atoms with Crippen LogP contribution in [0, 0.1) is 5.82 Å². The largest absolute Gasteiger partial charge is 0.485 e. The summed E-state index contributed by atoms with van der Waals surface area (Å²) in [6.45, 7) is -0.168. The van der Waals surface area contributed by atoms with E-state index in [4.69, 9.17) is 20.0 Å². The lowest BCUT2D eigenvalue weighted by atomic mass is 9.77. The van der Waals surface area contributed by atoms with Crippen LogP contribution in [0.2, 0.25) is 0 Å². The summed E-state index contributed by atoms with van der Waals surface area (Å²) < 4.78 is 24.1. The Kier molecular flexibility index (Phi) is 10.0. The number of hydrogen-bond acceptors (Lipinski definition) is 6. The topological polar surface area (TPSA) is 77.8 Å². The van der Waals surface area contributed by atoms with E-state index >= 15 is 4.39 Å². The summed E-state index contributed by atoms with van der Waals surface area (Å²) in [6.07, 6.45) is 0. The molecule has 0 saturated carbocycles. The van der Waals surface area contributed by atoms with Crippen molar-refractivity contribution in [2.45, 2.75) is 17.7 Å². The van der Waals surface area contributed by atoms with Crippen molar-refractivity contribution in [1.82, 2.24) is 25.0 Å². The van der Waals surface area contributed by atoms with Crippen LogP contribution in [0.5, 0.6) is 5.75 Å². The van der Waals surface area contributed by atoms with Crippen molar-refractivity contribution in [3.63, 3.8) is 0 Å². The fourth-order valence-electron chi connectivity index (χ4n) is 7.86. The summed E-state index contributed by atoms with van der Waals surface area (Å²) in [7, 11) is 0. The molecule has 0 atom stereocenters. The van der Waals surface area contributed by atoms with Crippen LogP contribution in [0.4, 0.5) is 10.2 Å². The molecule has 9 rings (SSSR count). The smallest absolute Gasteiger partial charge is 0.185 e. The van der Waals surface area contributed by atoms with Gasteiger partial charge < -0.3 is 10.1 Å². The fraction of sp³-hybridized carbons (Fsp3) is 0.0612. The lowest BCUT2D eigenvalue weighted by Gasteiger charge is -2.38. The van der Waals surface area contributed by atoms with Crippen LogP contribution in [-0.4, -0.2) is 25.0 Å². The van der Waals surface area contributed by atoms with E-state index < -0.39 is 16.9 Å². The molecule has 3 heterocycles. The first-order valence-electron chi connectivity index (χ1n) is 18.9. The Labute approximate surface area is 344 Å². The zero-order valence-corrected chi connectivity index (χ0v) is 32.7. The van der Waals surface area contributed by atoms with E-state index in [9.17, 15) is 0 Å². The lowest BCUT2D eigenvalue weighted by molar-refractivity contribution is 0.296. The average molecular weight is 824 g/mol. The van der Waals surface area contributed by atoms with E-state index in [1.54, 1.807) is 6.07 Å². The number of benzene rings is 6. The van der Waals surface area contributed by atoms with E-state index in [2.05, 4.69) is 99.0 Å². The molecule has 0 aliphatic rings. The minimum atomic E-state index is -1.03. The molecule has 0 amide bonds. The van der Waals surface area contributed by atoms with E-state index in [0.717, 1.165) is 33.4 Å². The van der Waals surface area contributed by atoms with Gasteiger partial charge in [0.05, 0.1) is 0 Å². The normalized spacial score (nSPS) is 11.7. The molecule has 0 aliphatic carbocycles. The maximum Gasteiger partial charge on any atom is 0.185 e. The maximum atomic E-state index is 15.2. The Morgan fingerprint density at radius 2 is 0.983 bits per heavy atom. The van der Waals surface area contributed by atoms with Gasteiger partial charge in [0.15, 0.2) is 16.9 Å². The van der Waals surface area contributed by atoms with E-state index in [0.29, 0.717) is 27.3 Å². The Hall–Kier alpha value is -6.97. The Morgan fingerprint density at radius 1 is 0.552 bits per heavy atom. The first kappa shape index (κ1) is 36.7. The highest BCUT2D eigenvalue weighted by atomic mass is 79.9. The van der Waals surface area contributed by atoms with Crippen LogP contribution >= 0.6 is 15.9 Å². The Bertz CT molecular complexity index is 2580. The van der Waals surface area contributed by atoms with Crippen molar-refractivity contribution < 1.29 is 9.13 Å². The average Bonchev–Trinajstić information content (AvgIpc) is 3.72. The Morgan fingerprint density at radius 3 is 1.43 bits per heavy atom. The number of nitrogens with one attached hydrogen (secondary N) is 1. The highest BCUT2D eigenvalue weighted by Gasteiger charge is 2.42. The van der Waals surface area contributed by atoms with Gasteiger partial charge in [0.1, 0.15) is 39.6 Å². The summed E-state index contributed by atoms with van der Waals surface area (Å²) in [4.78, 5) is 9.81. The standard InChI is InChI=1S/C49H36BrFN6O/c50-44-32-31-41(51)42(52-44)34-58-43-33-45(54-48(35-19-7-1-8-20-35,36-21-9-2-10-22-36)37-23-11-3-12-24-37)53-47-46(43)55-56-57(47)49(38-25-13-4-14-26-38,39-27-15-5-16-28-39)40-29-17-6-18-30-40/h1-33H,34H2,(H,53,54). The summed E-state index contributed by atoms with van der Waals surface area (Å²) in [5.74, 6) is 0.350. The number of aromatic nitrogens is 5. The number of hydrogen-bond donors (Lipinski definition) is 1. The molecule has 3 aromatic heterocycles. The SMILES string of the molecule is Fc1ccc(Br)nc1COc1cc(NC(c2ccccc2)(c2ccccc2)c2ccccc2)nc2c1nnn2C(c1ccccc1)(c1ccccc1)c1ccccc1. The van der Waals surface area contributed by atoms with Gasteiger partial charge in [0.25, 0.3) is 0 Å². The third-order valence-electron chi connectivity index (χ3n) is 10.5. The number of fused-ring (bicyclic) bond motifs is 1. The second kappa shape index (κ2) is 15.9. The second-order valence-corrected chi connectivity index (χ2v) is 14.6. The lowest BCUT2D eigenvalue weighted by Crippen LogP contribution is -2.39. The fourth-order valence-corrected chi connectivity index (χ4v) is 8.20. The summed E-state index contributed by atoms with van der Waals surface area (Å²) in [5.41, 5.74) is 4.88. The summed E-state index contributed by atoms with van der Waals surface area (Å²) in [6, 6.07) is 66.4. The predicted molar refractivity (Wildman–Crippen MR) is 229 cm³/mol. The quantitative estimate of drug-likeness (QED) is 0.0977. The van der Waals surface area contributed by atoms with E-state index in [1.807, 2.05) is 120 Å². The molecule has 0 unspecified atom stereocenters. The van der Waals surface area contributed by atoms with Crippen LogP contribution in [0.1, 0.15) is 39.1 Å². The van der Waals surface area contributed by atoms with Gasteiger partial charge in [-0.2, -0.15) is 0 Å². The highest BCUT2D eigenvalue weighted by molar-refractivity contribution is 9.10. The molecule has 58 heavy (non-hydrogen) atoms. The van der Waals surface area contributed by atoms with Crippen molar-refractivity contribution in [2.75, 3.05) is 5.32 Å². The molecule has 0 fully saturated rings. The van der Waals surface area contributed by atoms with Gasteiger partial charge in [0.2, 0.25) is 0 Å². The monoisotopic (exact) mass is 822 g/mol. The highest BCUT2D eigenvalue weighted by Crippen LogP contribution is 2.44. The van der Waals surface area contributed by atoms with Crippen molar-refractivity contribution in [3.05, 3.63) is 250 Å². The molecular weight excluding hydrogens is 787 g/mol. The number of halogens is 2. The van der Waals surface area contributed by atoms with E-state index in [-0.39, 0.29) is 12.3 Å². The zero-order valence-electron chi connectivity index (χ0n) is 31.2. The first-order valence-corrected chi connectivity index (χ1v) is 19.7. The number of pyridine rings is 2. The Balaban J connectivity index is 1.34. The van der Waals surface area contributed by atoms with Crippen LogP contribution in [0.15, 0.2) is 205 Å². The predicted octanol–water partition coefficient (Wildman–Crippen LogP) is 10.9. The molecule has 0 saturated heterocycles. The molecule has 0 radical (unpaired) electrons. The van der Waals surface area contributed by atoms with Gasteiger partial charge in [-0.1, -0.05) is 187 Å². The van der Waals surface area contributed by atoms with Gasteiger partial charge in [-0.15, -0.1) is 5.10 Å². The van der Waals surface area contributed by atoms with Crippen molar-refractivity contribution in [2.24, 2.45) is 0 Å². The van der Waals surface area contributed by atoms with Crippen LogP contribution < -0.4 is 10.1 Å². The minimum Gasteiger partial charge on any atom is -0.485 e.